The Bertz CT molecular complexity index is 1570. The zero-order valence-corrected chi connectivity index (χ0v) is 25.2. The number of thioether (sulfide) groups is 1. The van der Waals surface area contributed by atoms with Crippen molar-refractivity contribution in [1.82, 2.24) is 4.98 Å². The Kier molecular flexibility index (Phi) is 10.0. The summed E-state index contributed by atoms with van der Waals surface area (Å²) in [6, 6.07) is 21.2. The minimum Gasteiger partial charge on any atom is -0.496 e. The monoisotopic (exact) mass is 621 g/mol. The number of aromatic nitrogens is 1. The molecule has 0 aliphatic carbocycles. The molecule has 0 saturated carbocycles. The first-order chi connectivity index (χ1) is 20.4. The third kappa shape index (κ3) is 7.07. The van der Waals surface area contributed by atoms with Gasteiger partial charge in [-0.15, -0.1) is 11.8 Å². The number of carbonyl (C=O) groups is 2. The number of hydrogen-bond donors (Lipinski definition) is 1. The number of ether oxygens (including phenoxy) is 2. The molecular weight excluding hydrogens is 593 g/mol. The molecule has 0 radical (unpaired) electrons. The van der Waals surface area contributed by atoms with Crippen molar-refractivity contribution in [2.75, 3.05) is 29.7 Å². The average Bonchev–Trinajstić information content (AvgIpc) is 3.18. The fraction of sp³-hybridized carbons (Fsp3) is 0.219. The van der Waals surface area contributed by atoms with Gasteiger partial charge in [-0.05, 0) is 79.4 Å². The van der Waals surface area contributed by atoms with Crippen LogP contribution in [0.2, 0.25) is 10.0 Å². The lowest BCUT2D eigenvalue weighted by Gasteiger charge is -2.32. The van der Waals surface area contributed by atoms with Crippen molar-refractivity contribution in [1.29, 1.82) is 0 Å². The number of nitrogens with zero attached hydrogens (tertiary/aromatic N) is 2. The SMILES string of the molecule is COc1cc(NC(=O)c2ccccc2Cl)ccc1C(=O)N1c2ccc(Cl)cc2CCCC1OCCSc1ccncc1. The molecule has 1 aliphatic heterocycles. The van der Waals surface area contributed by atoms with Crippen LogP contribution in [0.25, 0.3) is 0 Å². The van der Waals surface area contributed by atoms with E-state index in [1.54, 1.807) is 77.6 Å². The van der Waals surface area contributed by atoms with Gasteiger partial charge in [0.15, 0.2) is 0 Å². The lowest BCUT2D eigenvalue weighted by molar-refractivity contribution is 0.0497. The Morgan fingerprint density at radius 1 is 1.02 bits per heavy atom. The number of rotatable bonds is 9. The molecule has 42 heavy (non-hydrogen) atoms. The van der Waals surface area contributed by atoms with Crippen molar-refractivity contribution in [3.8, 4) is 5.75 Å². The van der Waals surface area contributed by atoms with Gasteiger partial charge in [0.25, 0.3) is 11.8 Å². The highest BCUT2D eigenvalue weighted by molar-refractivity contribution is 7.99. The molecule has 4 aromatic rings. The van der Waals surface area contributed by atoms with Gasteiger partial charge in [-0.2, -0.15) is 0 Å². The second-order valence-electron chi connectivity index (χ2n) is 9.55. The van der Waals surface area contributed by atoms with E-state index in [0.717, 1.165) is 34.7 Å². The van der Waals surface area contributed by atoms with Gasteiger partial charge in [-0.25, -0.2) is 0 Å². The van der Waals surface area contributed by atoms with Crippen LogP contribution in [-0.4, -0.2) is 42.5 Å². The van der Waals surface area contributed by atoms with Crippen LogP contribution in [0.4, 0.5) is 11.4 Å². The number of nitrogens with one attached hydrogen (secondary N) is 1. The maximum Gasteiger partial charge on any atom is 0.264 e. The molecule has 0 fully saturated rings. The highest BCUT2D eigenvalue weighted by Gasteiger charge is 2.32. The van der Waals surface area contributed by atoms with Crippen LogP contribution in [0.3, 0.4) is 0 Å². The number of pyridine rings is 1. The highest BCUT2D eigenvalue weighted by atomic mass is 35.5. The van der Waals surface area contributed by atoms with E-state index in [1.165, 1.54) is 7.11 Å². The summed E-state index contributed by atoms with van der Waals surface area (Å²) in [6.07, 6.45) is 5.31. The van der Waals surface area contributed by atoms with Gasteiger partial charge in [-0.1, -0.05) is 35.3 Å². The molecule has 0 saturated heterocycles. The summed E-state index contributed by atoms with van der Waals surface area (Å²) >= 11 is 14.2. The maximum atomic E-state index is 14.3. The number of amides is 2. The van der Waals surface area contributed by atoms with Crippen LogP contribution in [-0.2, 0) is 11.2 Å². The third-order valence-electron chi connectivity index (χ3n) is 6.83. The van der Waals surface area contributed by atoms with Gasteiger partial charge in [0, 0.05) is 45.5 Å². The van der Waals surface area contributed by atoms with Gasteiger partial charge >= 0.3 is 0 Å². The van der Waals surface area contributed by atoms with Gasteiger partial charge in [0.05, 0.1) is 29.9 Å². The van der Waals surface area contributed by atoms with Crippen molar-refractivity contribution in [2.45, 2.75) is 30.4 Å². The molecule has 0 spiro atoms. The van der Waals surface area contributed by atoms with Gasteiger partial charge < -0.3 is 14.8 Å². The lowest BCUT2D eigenvalue weighted by Crippen LogP contribution is -2.42. The molecule has 2 amide bonds. The quantitative estimate of drug-likeness (QED) is 0.152. The van der Waals surface area contributed by atoms with Crippen molar-refractivity contribution < 1.29 is 19.1 Å². The summed E-state index contributed by atoms with van der Waals surface area (Å²) in [5, 5.41) is 3.80. The van der Waals surface area contributed by atoms with Crippen LogP contribution in [0.5, 0.6) is 5.75 Å². The van der Waals surface area contributed by atoms with Crippen LogP contribution in [0.15, 0.2) is 90.1 Å². The third-order valence-corrected chi connectivity index (χ3v) is 8.37. The second-order valence-corrected chi connectivity index (χ2v) is 11.6. The highest BCUT2D eigenvalue weighted by Crippen LogP contribution is 2.35. The number of hydrogen-bond acceptors (Lipinski definition) is 6. The fourth-order valence-corrected chi connectivity index (χ4v) is 5.98. The molecule has 1 aromatic heterocycles. The van der Waals surface area contributed by atoms with E-state index in [9.17, 15) is 9.59 Å². The molecule has 5 rings (SSSR count). The number of carbonyl (C=O) groups excluding carboxylic acids is 2. The Labute approximate surface area is 259 Å². The van der Waals surface area contributed by atoms with Gasteiger partial charge in [-0.3, -0.25) is 19.5 Å². The molecule has 2 heterocycles. The zero-order valence-electron chi connectivity index (χ0n) is 22.9. The summed E-state index contributed by atoms with van der Waals surface area (Å²) in [5.74, 6) is 0.411. The average molecular weight is 623 g/mol. The molecular formula is C32H29Cl2N3O4S. The molecule has 3 aromatic carbocycles. The van der Waals surface area contributed by atoms with E-state index in [1.807, 2.05) is 24.3 Å². The molecule has 216 valence electrons. The van der Waals surface area contributed by atoms with Gasteiger partial charge in [0.1, 0.15) is 12.0 Å². The predicted octanol–water partition coefficient (Wildman–Crippen LogP) is 7.77. The summed E-state index contributed by atoms with van der Waals surface area (Å²) < 4.78 is 12.0. The summed E-state index contributed by atoms with van der Waals surface area (Å²) in [5.41, 5.74) is 2.90. The maximum absolute atomic E-state index is 14.3. The number of benzene rings is 3. The Hall–Kier alpha value is -3.56. The van der Waals surface area contributed by atoms with Crippen molar-refractivity contribution in [3.05, 3.63) is 112 Å². The molecule has 1 atom stereocenters. The topological polar surface area (TPSA) is 80.8 Å². The molecule has 1 unspecified atom stereocenters. The number of methoxy groups -OCH3 is 1. The smallest absolute Gasteiger partial charge is 0.264 e. The molecule has 1 N–H and O–H groups in total. The largest absolute Gasteiger partial charge is 0.496 e. The summed E-state index contributed by atoms with van der Waals surface area (Å²) in [7, 11) is 1.49. The first-order valence-corrected chi connectivity index (χ1v) is 15.2. The minimum atomic E-state index is -0.484. The first kappa shape index (κ1) is 29.9. The van der Waals surface area contributed by atoms with Crippen LogP contribution in [0, 0.1) is 0 Å². The Morgan fingerprint density at radius 3 is 2.62 bits per heavy atom. The number of aryl methyl sites for hydroxylation is 1. The fourth-order valence-electron chi connectivity index (χ4n) is 4.84. The normalized spacial score (nSPS) is 14.5. The zero-order chi connectivity index (χ0) is 29.5. The molecule has 10 heteroatoms. The summed E-state index contributed by atoms with van der Waals surface area (Å²) in [4.78, 5) is 33.9. The van der Waals surface area contributed by atoms with E-state index in [0.29, 0.717) is 45.6 Å². The van der Waals surface area contributed by atoms with E-state index in [-0.39, 0.29) is 11.8 Å². The van der Waals surface area contributed by atoms with E-state index in [2.05, 4.69) is 10.3 Å². The molecule has 1 aliphatic rings. The second kappa shape index (κ2) is 14.1. The van der Waals surface area contributed by atoms with Crippen LogP contribution >= 0.6 is 35.0 Å². The van der Waals surface area contributed by atoms with E-state index < -0.39 is 6.23 Å². The summed E-state index contributed by atoms with van der Waals surface area (Å²) in [6.45, 7) is 0.453. The van der Waals surface area contributed by atoms with Crippen LogP contribution < -0.4 is 15.0 Å². The minimum absolute atomic E-state index is 0.270. The van der Waals surface area contributed by atoms with E-state index in [4.69, 9.17) is 32.7 Å². The van der Waals surface area contributed by atoms with Crippen molar-refractivity contribution in [2.24, 2.45) is 0 Å². The van der Waals surface area contributed by atoms with Crippen molar-refractivity contribution >= 4 is 58.2 Å². The van der Waals surface area contributed by atoms with Crippen LogP contribution in [0.1, 0.15) is 39.1 Å². The predicted molar refractivity (Wildman–Crippen MR) is 168 cm³/mol. The Morgan fingerprint density at radius 2 is 1.83 bits per heavy atom. The number of fused-ring (bicyclic) bond motifs is 1. The Balaban J connectivity index is 1.39. The van der Waals surface area contributed by atoms with Crippen molar-refractivity contribution in [3.63, 3.8) is 0 Å². The first-order valence-electron chi connectivity index (χ1n) is 13.4. The molecule has 7 nitrogen and oxygen atoms in total. The van der Waals surface area contributed by atoms with Gasteiger partial charge in [0.2, 0.25) is 0 Å². The molecule has 0 bridgehead atoms. The standard InChI is InChI=1S/C32H29Cl2N3O4S/c1-40-29-20-23(36-31(38)25-6-2-3-7-27(25)34)10-11-26(29)32(39)37-28-12-9-22(33)19-21(28)5-4-8-30(37)41-17-18-42-24-13-15-35-16-14-24/h2-3,6-7,9-16,19-20,30H,4-5,8,17-18H2,1H3,(H,36,38). The number of halogens is 2. The van der Waals surface area contributed by atoms with E-state index >= 15 is 0 Å². The lowest BCUT2D eigenvalue weighted by atomic mass is 10.1. The number of anilines is 2.